The summed E-state index contributed by atoms with van der Waals surface area (Å²) in [5.41, 5.74) is 3.12. The Morgan fingerprint density at radius 3 is 2.46 bits per heavy atom. The fourth-order valence-electron chi connectivity index (χ4n) is 2.55. The van der Waals surface area contributed by atoms with Crippen LogP contribution in [0, 0.1) is 6.92 Å². The Bertz CT molecular complexity index is 856. The molecular formula is C18H19NO5. The molecule has 6 nitrogen and oxygen atoms in total. The van der Waals surface area contributed by atoms with Crippen LogP contribution in [0.25, 0.3) is 22.6 Å². The lowest BCUT2D eigenvalue weighted by Gasteiger charge is -2.15. The van der Waals surface area contributed by atoms with Crippen LogP contribution in [0.4, 0.5) is 0 Å². The molecular weight excluding hydrogens is 310 g/mol. The Morgan fingerprint density at radius 1 is 1.00 bits per heavy atom. The van der Waals surface area contributed by atoms with Gasteiger partial charge in [-0.05, 0) is 30.7 Å². The number of benzene rings is 2. The van der Waals surface area contributed by atoms with Gasteiger partial charge in [0.05, 0.1) is 14.2 Å². The first-order valence-electron chi connectivity index (χ1n) is 7.42. The summed E-state index contributed by atoms with van der Waals surface area (Å²) >= 11 is 0. The van der Waals surface area contributed by atoms with Crippen LogP contribution in [0.5, 0.6) is 17.2 Å². The maximum absolute atomic E-state index is 5.93. The van der Waals surface area contributed by atoms with Crippen LogP contribution >= 0.6 is 0 Å². The summed E-state index contributed by atoms with van der Waals surface area (Å²) in [5, 5.41) is 0. The van der Waals surface area contributed by atoms with Gasteiger partial charge in [0, 0.05) is 7.11 Å². The SMILES string of the molecule is COCOc1ccc(OC)c(OC)c1-c1nc2c(C)cccc2o1. The van der Waals surface area contributed by atoms with Crippen LogP contribution in [0.1, 0.15) is 5.56 Å². The number of oxazole rings is 1. The molecule has 0 aliphatic rings. The zero-order valence-corrected chi connectivity index (χ0v) is 14.1. The molecule has 0 saturated heterocycles. The van der Waals surface area contributed by atoms with Crippen molar-refractivity contribution in [1.29, 1.82) is 0 Å². The molecule has 1 heterocycles. The predicted molar refractivity (Wildman–Crippen MR) is 89.8 cm³/mol. The van der Waals surface area contributed by atoms with E-state index in [0.29, 0.717) is 34.3 Å². The number of para-hydroxylation sites is 1. The third-order valence-corrected chi connectivity index (χ3v) is 3.67. The van der Waals surface area contributed by atoms with Gasteiger partial charge in [0.2, 0.25) is 5.89 Å². The summed E-state index contributed by atoms with van der Waals surface area (Å²) in [6.45, 7) is 2.08. The maximum atomic E-state index is 5.93. The first-order chi connectivity index (χ1) is 11.7. The Balaban J connectivity index is 2.23. The highest BCUT2D eigenvalue weighted by Gasteiger charge is 2.23. The molecule has 0 unspecified atom stereocenters. The van der Waals surface area contributed by atoms with Gasteiger partial charge < -0.3 is 23.4 Å². The number of hydrogen-bond donors (Lipinski definition) is 0. The summed E-state index contributed by atoms with van der Waals surface area (Å²) in [6, 6.07) is 9.33. The van der Waals surface area contributed by atoms with E-state index in [4.69, 9.17) is 23.4 Å². The fraction of sp³-hybridized carbons (Fsp3) is 0.278. The highest BCUT2D eigenvalue weighted by Crippen LogP contribution is 2.45. The first kappa shape index (κ1) is 16.1. The van der Waals surface area contributed by atoms with Crippen LogP contribution in [0.2, 0.25) is 0 Å². The van der Waals surface area contributed by atoms with Crippen molar-refractivity contribution in [2.75, 3.05) is 28.1 Å². The topological polar surface area (TPSA) is 63.0 Å². The van der Waals surface area contributed by atoms with Gasteiger partial charge >= 0.3 is 0 Å². The van der Waals surface area contributed by atoms with Gasteiger partial charge in [-0.2, -0.15) is 0 Å². The van der Waals surface area contributed by atoms with Crippen molar-refractivity contribution in [3.8, 4) is 28.7 Å². The van der Waals surface area contributed by atoms with E-state index in [-0.39, 0.29) is 6.79 Å². The van der Waals surface area contributed by atoms with Crippen molar-refractivity contribution < 1.29 is 23.4 Å². The lowest BCUT2D eigenvalue weighted by Crippen LogP contribution is -2.02. The highest BCUT2D eigenvalue weighted by molar-refractivity contribution is 5.83. The largest absolute Gasteiger partial charge is 0.493 e. The van der Waals surface area contributed by atoms with E-state index in [1.165, 1.54) is 0 Å². The average Bonchev–Trinajstić information content (AvgIpc) is 3.04. The molecule has 0 N–H and O–H groups in total. The second kappa shape index (κ2) is 6.80. The number of aryl methyl sites for hydroxylation is 1. The smallest absolute Gasteiger partial charge is 0.235 e. The van der Waals surface area contributed by atoms with Crippen LogP contribution in [0.3, 0.4) is 0 Å². The van der Waals surface area contributed by atoms with Gasteiger partial charge in [-0.25, -0.2) is 4.98 Å². The standard InChI is InChI=1S/C18H19NO5/c1-11-6-5-7-13-16(11)19-18(24-13)15-12(23-10-20-2)8-9-14(21-3)17(15)22-4/h5-9H,10H2,1-4H3. The van der Waals surface area contributed by atoms with Crippen molar-refractivity contribution in [1.82, 2.24) is 4.98 Å². The third-order valence-electron chi connectivity index (χ3n) is 3.67. The van der Waals surface area contributed by atoms with Crippen LogP contribution in [-0.4, -0.2) is 33.1 Å². The van der Waals surface area contributed by atoms with Crippen molar-refractivity contribution in [2.24, 2.45) is 0 Å². The van der Waals surface area contributed by atoms with Crippen molar-refractivity contribution in [3.05, 3.63) is 35.9 Å². The minimum absolute atomic E-state index is 0.0989. The number of hydrogen-bond acceptors (Lipinski definition) is 6. The molecule has 0 amide bonds. The molecule has 6 heteroatoms. The molecule has 0 spiro atoms. The van der Waals surface area contributed by atoms with Crippen molar-refractivity contribution >= 4 is 11.1 Å². The Morgan fingerprint density at radius 2 is 1.79 bits per heavy atom. The van der Waals surface area contributed by atoms with E-state index in [1.54, 1.807) is 33.5 Å². The minimum atomic E-state index is 0.0989. The monoisotopic (exact) mass is 329 g/mol. The maximum Gasteiger partial charge on any atom is 0.235 e. The molecule has 0 aliphatic heterocycles. The molecule has 1 aromatic heterocycles. The summed E-state index contributed by atoms with van der Waals surface area (Å²) in [5.74, 6) is 2.01. The molecule has 3 rings (SSSR count). The zero-order valence-electron chi connectivity index (χ0n) is 14.1. The molecule has 3 aromatic rings. The van der Waals surface area contributed by atoms with E-state index in [2.05, 4.69) is 4.98 Å². The lowest BCUT2D eigenvalue weighted by molar-refractivity contribution is 0.0512. The summed E-state index contributed by atoms with van der Waals surface area (Å²) < 4.78 is 27.5. The van der Waals surface area contributed by atoms with E-state index in [1.807, 2.05) is 25.1 Å². The summed E-state index contributed by atoms with van der Waals surface area (Å²) in [6.07, 6.45) is 0. The van der Waals surface area contributed by atoms with Crippen LogP contribution < -0.4 is 14.2 Å². The van der Waals surface area contributed by atoms with E-state index < -0.39 is 0 Å². The number of methoxy groups -OCH3 is 3. The second-order valence-corrected chi connectivity index (χ2v) is 5.17. The van der Waals surface area contributed by atoms with Crippen molar-refractivity contribution in [2.45, 2.75) is 6.92 Å². The third kappa shape index (κ3) is 2.76. The highest BCUT2D eigenvalue weighted by atomic mass is 16.7. The van der Waals surface area contributed by atoms with Gasteiger partial charge in [-0.1, -0.05) is 12.1 Å². The van der Waals surface area contributed by atoms with E-state index in [0.717, 1.165) is 11.1 Å². The number of rotatable bonds is 6. The van der Waals surface area contributed by atoms with Gasteiger partial charge in [-0.15, -0.1) is 0 Å². The summed E-state index contributed by atoms with van der Waals surface area (Å²) in [7, 11) is 4.70. The molecule has 0 saturated carbocycles. The fourth-order valence-corrected chi connectivity index (χ4v) is 2.55. The second-order valence-electron chi connectivity index (χ2n) is 5.17. The number of ether oxygens (including phenoxy) is 4. The molecule has 0 bridgehead atoms. The van der Waals surface area contributed by atoms with Crippen molar-refractivity contribution in [3.63, 3.8) is 0 Å². The van der Waals surface area contributed by atoms with E-state index in [9.17, 15) is 0 Å². The molecule has 126 valence electrons. The normalized spacial score (nSPS) is 10.8. The van der Waals surface area contributed by atoms with Gasteiger partial charge in [-0.3, -0.25) is 0 Å². The van der Waals surface area contributed by atoms with Crippen LogP contribution in [0.15, 0.2) is 34.7 Å². The molecule has 0 atom stereocenters. The van der Waals surface area contributed by atoms with Gasteiger partial charge in [0.1, 0.15) is 16.8 Å². The van der Waals surface area contributed by atoms with Gasteiger partial charge in [0.15, 0.2) is 23.9 Å². The number of fused-ring (bicyclic) bond motifs is 1. The molecule has 0 aliphatic carbocycles. The Labute approximate surface area is 139 Å². The van der Waals surface area contributed by atoms with E-state index >= 15 is 0 Å². The molecule has 0 fully saturated rings. The average molecular weight is 329 g/mol. The lowest BCUT2D eigenvalue weighted by atomic mass is 10.1. The van der Waals surface area contributed by atoms with Gasteiger partial charge in [0.25, 0.3) is 0 Å². The Hall–Kier alpha value is -2.73. The minimum Gasteiger partial charge on any atom is -0.493 e. The number of aromatic nitrogens is 1. The Kier molecular flexibility index (Phi) is 4.57. The molecule has 2 aromatic carbocycles. The number of nitrogens with zero attached hydrogens (tertiary/aromatic N) is 1. The quantitative estimate of drug-likeness (QED) is 0.641. The predicted octanol–water partition coefficient (Wildman–Crippen LogP) is 3.80. The van der Waals surface area contributed by atoms with Crippen LogP contribution in [-0.2, 0) is 4.74 Å². The first-order valence-corrected chi connectivity index (χ1v) is 7.42. The summed E-state index contributed by atoms with van der Waals surface area (Å²) in [4.78, 5) is 4.61. The molecule has 24 heavy (non-hydrogen) atoms. The zero-order chi connectivity index (χ0) is 17.1. The molecule has 0 radical (unpaired) electrons.